The predicted octanol–water partition coefficient (Wildman–Crippen LogP) is 2.33. The highest BCUT2D eigenvalue weighted by molar-refractivity contribution is 5.53. The molecule has 15 heavy (non-hydrogen) atoms. The van der Waals surface area contributed by atoms with Crippen LogP contribution in [-0.2, 0) is 0 Å². The van der Waals surface area contributed by atoms with E-state index in [1.54, 1.807) is 6.92 Å². The SMILES string of the molecule is COc1cc(F)c(/C=C/C(C)N)c(F)c1. The molecule has 1 aromatic rings. The zero-order valence-electron chi connectivity index (χ0n) is 8.63. The van der Waals surface area contributed by atoms with Crippen molar-refractivity contribution in [3.05, 3.63) is 35.4 Å². The summed E-state index contributed by atoms with van der Waals surface area (Å²) in [4.78, 5) is 0. The molecule has 0 radical (unpaired) electrons. The van der Waals surface area contributed by atoms with E-state index in [9.17, 15) is 8.78 Å². The van der Waals surface area contributed by atoms with E-state index in [2.05, 4.69) is 0 Å². The van der Waals surface area contributed by atoms with Gasteiger partial charge in [0, 0.05) is 23.7 Å². The van der Waals surface area contributed by atoms with Crippen LogP contribution in [0.15, 0.2) is 18.2 Å². The van der Waals surface area contributed by atoms with Gasteiger partial charge in [-0.15, -0.1) is 0 Å². The van der Waals surface area contributed by atoms with Crippen LogP contribution in [0.1, 0.15) is 12.5 Å². The minimum atomic E-state index is -0.663. The summed E-state index contributed by atoms with van der Waals surface area (Å²) in [5.41, 5.74) is 5.34. The van der Waals surface area contributed by atoms with Crippen LogP contribution in [0.4, 0.5) is 8.78 Å². The van der Waals surface area contributed by atoms with Crippen molar-refractivity contribution in [2.75, 3.05) is 7.11 Å². The normalized spacial score (nSPS) is 13.1. The highest BCUT2D eigenvalue weighted by Gasteiger charge is 2.08. The second-order valence-corrected chi connectivity index (χ2v) is 3.22. The molecule has 0 aromatic heterocycles. The fourth-order valence-corrected chi connectivity index (χ4v) is 1.09. The fraction of sp³-hybridized carbons (Fsp3) is 0.273. The van der Waals surface area contributed by atoms with Crippen molar-refractivity contribution in [2.45, 2.75) is 13.0 Å². The minimum absolute atomic E-state index is 0.104. The number of rotatable bonds is 3. The van der Waals surface area contributed by atoms with Crippen LogP contribution in [0, 0.1) is 11.6 Å². The molecule has 0 aliphatic heterocycles. The lowest BCUT2D eigenvalue weighted by atomic mass is 10.1. The first-order valence-electron chi connectivity index (χ1n) is 4.51. The van der Waals surface area contributed by atoms with E-state index in [0.717, 1.165) is 12.1 Å². The molecule has 0 amide bonds. The highest BCUT2D eigenvalue weighted by atomic mass is 19.1. The molecule has 0 bridgehead atoms. The number of benzene rings is 1. The first-order valence-corrected chi connectivity index (χ1v) is 4.51. The van der Waals surface area contributed by atoms with E-state index in [1.807, 2.05) is 0 Å². The molecule has 1 unspecified atom stereocenters. The summed E-state index contributed by atoms with van der Waals surface area (Å²) < 4.78 is 31.4. The quantitative estimate of drug-likeness (QED) is 0.836. The van der Waals surface area contributed by atoms with Crippen molar-refractivity contribution in [3.8, 4) is 5.75 Å². The zero-order chi connectivity index (χ0) is 11.4. The number of methoxy groups -OCH3 is 1. The Morgan fingerprint density at radius 3 is 2.27 bits per heavy atom. The number of halogens is 2. The van der Waals surface area contributed by atoms with Gasteiger partial charge in [0.15, 0.2) is 0 Å². The Balaban J connectivity index is 3.08. The Hall–Kier alpha value is -1.42. The van der Waals surface area contributed by atoms with Crippen molar-refractivity contribution in [3.63, 3.8) is 0 Å². The molecule has 0 fully saturated rings. The topological polar surface area (TPSA) is 35.2 Å². The van der Waals surface area contributed by atoms with Gasteiger partial charge in [-0.3, -0.25) is 0 Å². The zero-order valence-corrected chi connectivity index (χ0v) is 8.63. The molecule has 1 atom stereocenters. The molecule has 0 saturated carbocycles. The van der Waals surface area contributed by atoms with Gasteiger partial charge in [-0.05, 0) is 6.92 Å². The number of hydrogen-bond acceptors (Lipinski definition) is 2. The monoisotopic (exact) mass is 213 g/mol. The number of hydrogen-bond donors (Lipinski definition) is 1. The van der Waals surface area contributed by atoms with E-state index < -0.39 is 11.6 Å². The third kappa shape index (κ3) is 3.02. The molecule has 2 N–H and O–H groups in total. The molecule has 0 aliphatic rings. The van der Waals surface area contributed by atoms with Crippen molar-refractivity contribution >= 4 is 6.08 Å². The van der Waals surface area contributed by atoms with Gasteiger partial charge in [-0.2, -0.15) is 0 Å². The van der Waals surface area contributed by atoms with Crippen molar-refractivity contribution < 1.29 is 13.5 Å². The van der Waals surface area contributed by atoms with Crippen molar-refractivity contribution in [2.24, 2.45) is 5.73 Å². The molecule has 0 spiro atoms. The highest BCUT2D eigenvalue weighted by Crippen LogP contribution is 2.21. The summed E-state index contributed by atoms with van der Waals surface area (Å²) in [6, 6.07) is 2.01. The Morgan fingerprint density at radius 2 is 1.87 bits per heavy atom. The van der Waals surface area contributed by atoms with Crippen LogP contribution in [0.2, 0.25) is 0 Å². The molecule has 2 nitrogen and oxygen atoms in total. The Morgan fingerprint density at radius 1 is 1.33 bits per heavy atom. The van der Waals surface area contributed by atoms with Crippen LogP contribution < -0.4 is 10.5 Å². The lowest BCUT2D eigenvalue weighted by molar-refractivity contribution is 0.406. The van der Waals surface area contributed by atoms with Gasteiger partial charge in [-0.25, -0.2) is 8.78 Å². The molecule has 4 heteroatoms. The molecule has 82 valence electrons. The number of ether oxygens (including phenoxy) is 1. The summed E-state index contributed by atoms with van der Waals surface area (Å²) >= 11 is 0. The van der Waals surface area contributed by atoms with E-state index in [-0.39, 0.29) is 17.4 Å². The second-order valence-electron chi connectivity index (χ2n) is 3.22. The van der Waals surface area contributed by atoms with Crippen LogP contribution in [-0.4, -0.2) is 13.2 Å². The summed E-state index contributed by atoms with van der Waals surface area (Å²) in [7, 11) is 1.35. The van der Waals surface area contributed by atoms with Crippen LogP contribution in [0.3, 0.4) is 0 Å². The average molecular weight is 213 g/mol. The molecule has 1 rings (SSSR count). The Bertz CT molecular complexity index is 352. The first kappa shape index (κ1) is 11.7. The predicted molar refractivity (Wildman–Crippen MR) is 55.6 cm³/mol. The smallest absolute Gasteiger partial charge is 0.137 e. The molecular formula is C11H13F2NO. The summed E-state index contributed by atoms with van der Waals surface area (Å²) in [6.07, 6.45) is 2.85. The Labute approximate surface area is 87.4 Å². The molecule has 0 aliphatic carbocycles. The maximum Gasteiger partial charge on any atom is 0.137 e. The lowest BCUT2D eigenvalue weighted by Gasteiger charge is -2.04. The molecule has 1 aromatic carbocycles. The standard InChI is InChI=1S/C11H13F2NO/c1-7(14)3-4-9-10(12)5-8(15-2)6-11(9)13/h3-7H,14H2,1-2H3/b4-3+. The molecular weight excluding hydrogens is 200 g/mol. The fourth-order valence-electron chi connectivity index (χ4n) is 1.09. The maximum absolute atomic E-state index is 13.3. The molecule has 0 saturated heterocycles. The van der Waals surface area contributed by atoms with Crippen LogP contribution >= 0.6 is 0 Å². The van der Waals surface area contributed by atoms with Crippen molar-refractivity contribution in [1.29, 1.82) is 0 Å². The van der Waals surface area contributed by atoms with Gasteiger partial charge in [0.2, 0.25) is 0 Å². The average Bonchev–Trinajstić information content (AvgIpc) is 2.15. The van der Waals surface area contributed by atoms with E-state index in [4.69, 9.17) is 10.5 Å². The lowest BCUT2D eigenvalue weighted by Crippen LogP contribution is -2.10. The Kier molecular flexibility index (Phi) is 3.80. The maximum atomic E-state index is 13.3. The van der Waals surface area contributed by atoms with Gasteiger partial charge < -0.3 is 10.5 Å². The summed E-state index contributed by atoms with van der Waals surface area (Å²) in [5, 5.41) is 0. The van der Waals surface area contributed by atoms with Gasteiger partial charge in [0.25, 0.3) is 0 Å². The second kappa shape index (κ2) is 4.89. The largest absolute Gasteiger partial charge is 0.497 e. The van der Waals surface area contributed by atoms with E-state index in [0.29, 0.717) is 0 Å². The first-order chi connectivity index (χ1) is 7.04. The van der Waals surface area contributed by atoms with Gasteiger partial charge in [0.05, 0.1) is 7.11 Å². The number of nitrogens with two attached hydrogens (primary N) is 1. The van der Waals surface area contributed by atoms with E-state index in [1.165, 1.54) is 19.3 Å². The summed E-state index contributed by atoms with van der Waals surface area (Å²) in [6.45, 7) is 1.72. The van der Waals surface area contributed by atoms with Crippen LogP contribution in [0.5, 0.6) is 5.75 Å². The molecule has 0 heterocycles. The van der Waals surface area contributed by atoms with Gasteiger partial charge >= 0.3 is 0 Å². The van der Waals surface area contributed by atoms with Gasteiger partial charge in [-0.1, -0.05) is 12.2 Å². The minimum Gasteiger partial charge on any atom is -0.497 e. The third-order valence-corrected chi connectivity index (χ3v) is 1.85. The van der Waals surface area contributed by atoms with E-state index >= 15 is 0 Å². The summed E-state index contributed by atoms with van der Waals surface area (Å²) in [5.74, 6) is -1.17. The van der Waals surface area contributed by atoms with Crippen LogP contribution in [0.25, 0.3) is 6.08 Å². The van der Waals surface area contributed by atoms with Gasteiger partial charge in [0.1, 0.15) is 17.4 Å². The third-order valence-electron chi connectivity index (χ3n) is 1.85. The van der Waals surface area contributed by atoms with Crippen molar-refractivity contribution in [1.82, 2.24) is 0 Å².